The molecule has 0 aliphatic carbocycles. The van der Waals surface area contributed by atoms with Crippen molar-refractivity contribution < 1.29 is 4.74 Å². The van der Waals surface area contributed by atoms with Crippen LogP contribution in [-0.2, 0) is 0 Å². The van der Waals surface area contributed by atoms with E-state index in [0.29, 0.717) is 13.2 Å². The molecule has 2 rings (SSSR count). The molecule has 0 bridgehead atoms. The smallest absolute Gasteiger partial charge is 0.137 e. The number of hydrogen-bond acceptors (Lipinski definition) is 4. The summed E-state index contributed by atoms with van der Waals surface area (Å²) in [4.78, 5) is 6.67. The number of anilines is 1. The monoisotopic (exact) mass is 207 g/mol. The molecule has 4 nitrogen and oxygen atoms in total. The molecular formula is C11H17N3O. The molecule has 0 radical (unpaired) electrons. The third-order valence-electron chi connectivity index (χ3n) is 2.54. The second-order valence-corrected chi connectivity index (χ2v) is 3.68. The van der Waals surface area contributed by atoms with Crippen molar-refractivity contribution >= 4 is 5.82 Å². The van der Waals surface area contributed by atoms with Crippen molar-refractivity contribution in [2.24, 2.45) is 5.73 Å². The lowest BCUT2D eigenvalue weighted by atomic mass is 10.4. The van der Waals surface area contributed by atoms with E-state index in [9.17, 15) is 0 Å². The topological polar surface area (TPSA) is 51.4 Å². The predicted octanol–water partition coefficient (Wildman–Crippen LogP) is 1.02. The summed E-state index contributed by atoms with van der Waals surface area (Å²) in [5.41, 5.74) is 5.35. The van der Waals surface area contributed by atoms with Gasteiger partial charge in [0.1, 0.15) is 18.2 Å². The summed E-state index contributed by atoms with van der Waals surface area (Å²) in [5, 5.41) is 0. The average molecular weight is 207 g/mol. The molecule has 1 aromatic rings. The third kappa shape index (κ3) is 2.59. The maximum absolute atomic E-state index is 5.37. The fourth-order valence-electron chi connectivity index (χ4n) is 1.77. The molecule has 1 aromatic heterocycles. The molecule has 0 unspecified atom stereocenters. The Kier molecular flexibility index (Phi) is 3.40. The Morgan fingerprint density at radius 2 is 2.13 bits per heavy atom. The van der Waals surface area contributed by atoms with E-state index in [0.717, 1.165) is 24.7 Å². The molecule has 0 atom stereocenters. The van der Waals surface area contributed by atoms with Crippen LogP contribution < -0.4 is 15.4 Å². The molecule has 1 aliphatic rings. The van der Waals surface area contributed by atoms with Gasteiger partial charge in [-0.15, -0.1) is 0 Å². The quantitative estimate of drug-likeness (QED) is 0.801. The van der Waals surface area contributed by atoms with Crippen LogP contribution >= 0.6 is 0 Å². The van der Waals surface area contributed by atoms with Crippen molar-refractivity contribution in [2.75, 3.05) is 31.1 Å². The molecule has 0 spiro atoms. The standard InChI is InChI=1S/C11H17N3O/c12-5-8-15-10-3-4-11(13-9-10)14-6-1-2-7-14/h3-4,9H,1-2,5-8,12H2. The first-order valence-electron chi connectivity index (χ1n) is 5.44. The lowest BCUT2D eigenvalue weighted by Crippen LogP contribution is -2.18. The largest absolute Gasteiger partial charge is 0.491 e. The minimum atomic E-state index is 0.536. The van der Waals surface area contributed by atoms with Gasteiger partial charge in [-0.05, 0) is 25.0 Å². The lowest BCUT2D eigenvalue weighted by molar-refractivity contribution is 0.327. The van der Waals surface area contributed by atoms with Gasteiger partial charge in [-0.25, -0.2) is 4.98 Å². The number of nitrogens with zero attached hydrogens (tertiary/aromatic N) is 2. The van der Waals surface area contributed by atoms with Gasteiger partial charge in [0, 0.05) is 19.6 Å². The molecule has 1 fully saturated rings. The highest BCUT2D eigenvalue weighted by Crippen LogP contribution is 2.19. The van der Waals surface area contributed by atoms with Gasteiger partial charge in [0.05, 0.1) is 6.20 Å². The first-order valence-corrected chi connectivity index (χ1v) is 5.44. The molecule has 0 amide bonds. The Labute approximate surface area is 90.0 Å². The molecule has 4 heteroatoms. The van der Waals surface area contributed by atoms with Crippen molar-refractivity contribution in [2.45, 2.75) is 12.8 Å². The van der Waals surface area contributed by atoms with E-state index in [-0.39, 0.29) is 0 Å². The maximum Gasteiger partial charge on any atom is 0.137 e. The van der Waals surface area contributed by atoms with Gasteiger partial charge in [-0.2, -0.15) is 0 Å². The molecule has 0 aromatic carbocycles. The van der Waals surface area contributed by atoms with Crippen LogP contribution in [0, 0.1) is 0 Å². The molecule has 2 N–H and O–H groups in total. The van der Waals surface area contributed by atoms with Crippen LogP contribution in [0.1, 0.15) is 12.8 Å². The highest BCUT2D eigenvalue weighted by atomic mass is 16.5. The number of hydrogen-bond donors (Lipinski definition) is 1. The number of pyridine rings is 1. The Hall–Kier alpha value is -1.29. The molecule has 1 aliphatic heterocycles. The molecule has 2 heterocycles. The zero-order valence-electron chi connectivity index (χ0n) is 8.85. The number of aromatic nitrogens is 1. The molecule has 1 saturated heterocycles. The summed E-state index contributed by atoms with van der Waals surface area (Å²) in [5.74, 6) is 1.84. The van der Waals surface area contributed by atoms with Gasteiger partial charge in [-0.3, -0.25) is 0 Å². The molecule has 15 heavy (non-hydrogen) atoms. The fourth-order valence-corrected chi connectivity index (χ4v) is 1.77. The Morgan fingerprint density at radius 1 is 1.33 bits per heavy atom. The lowest BCUT2D eigenvalue weighted by Gasteiger charge is -2.16. The predicted molar refractivity (Wildman–Crippen MR) is 60.2 cm³/mol. The Bertz CT molecular complexity index is 293. The second-order valence-electron chi connectivity index (χ2n) is 3.68. The molecular weight excluding hydrogens is 190 g/mol. The highest BCUT2D eigenvalue weighted by Gasteiger charge is 2.12. The SMILES string of the molecule is NCCOc1ccc(N2CCCC2)nc1. The van der Waals surface area contributed by atoms with Gasteiger partial charge in [-0.1, -0.05) is 0 Å². The van der Waals surface area contributed by atoms with Gasteiger partial charge in [0.2, 0.25) is 0 Å². The van der Waals surface area contributed by atoms with Crippen molar-refractivity contribution in [3.05, 3.63) is 18.3 Å². The fraction of sp³-hybridized carbons (Fsp3) is 0.545. The van der Waals surface area contributed by atoms with Crippen LogP contribution in [0.5, 0.6) is 5.75 Å². The van der Waals surface area contributed by atoms with E-state index < -0.39 is 0 Å². The average Bonchev–Trinajstić information content (AvgIpc) is 2.80. The summed E-state index contributed by atoms with van der Waals surface area (Å²) >= 11 is 0. The van der Waals surface area contributed by atoms with Crippen molar-refractivity contribution in [1.29, 1.82) is 0 Å². The van der Waals surface area contributed by atoms with Crippen LogP contribution in [0.15, 0.2) is 18.3 Å². The zero-order valence-corrected chi connectivity index (χ0v) is 8.85. The first-order chi connectivity index (χ1) is 7.40. The maximum atomic E-state index is 5.37. The molecule has 82 valence electrons. The Balaban J connectivity index is 1.96. The molecule has 0 saturated carbocycles. The Morgan fingerprint density at radius 3 is 2.73 bits per heavy atom. The van der Waals surface area contributed by atoms with E-state index in [4.69, 9.17) is 10.5 Å². The van der Waals surface area contributed by atoms with E-state index in [1.807, 2.05) is 12.1 Å². The number of ether oxygens (including phenoxy) is 1. The summed E-state index contributed by atoms with van der Waals surface area (Å²) in [6.45, 7) is 3.32. The van der Waals surface area contributed by atoms with E-state index in [1.54, 1.807) is 6.20 Å². The van der Waals surface area contributed by atoms with E-state index >= 15 is 0 Å². The van der Waals surface area contributed by atoms with E-state index in [2.05, 4.69) is 9.88 Å². The number of nitrogens with two attached hydrogens (primary N) is 1. The first kappa shape index (κ1) is 10.2. The van der Waals surface area contributed by atoms with Gasteiger partial charge in [0.25, 0.3) is 0 Å². The third-order valence-corrected chi connectivity index (χ3v) is 2.54. The summed E-state index contributed by atoms with van der Waals surface area (Å²) < 4.78 is 5.37. The summed E-state index contributed by atoms with van der Waals surface area (Å²) in [6.07, 6.45) is 4.31. The minimum absolute atomic E-state index is 0.536. The highest BCUT2D eigenvalue weighted by molar-refractivity contribution is 5.41. The number of rotatable bonds is 4. The van der Waals surface area contributed by atoms with E-state index in [1.165, 1.54) is 12.8 Å². The van der Waals surface area contributed by atoms with Crippen LogP contribution in [0.2, 0.25) is 0 Å². The summed E-state index contributed by atoms with van der Waals surface area (Å²) in [6, 6.07) is 3.97. The normalized spacial score (nSPS) is 15.7. The van der Waals surface area contributed by atoms with Gasteiger partial charge >= 0.3 is 0 Å². The van der Waals surface area contributed by atoms with Crippen molar-refractivity contribution in [3.63, 3.8) is 0 Å². The minimum Gasteiger partial charge on any atom is -0.491 e. The van der Waals surface area contributed by atoms with Crippen molar-refractivity contribution in [3.8, 4) is 5.75 Å². The van der Waals surface area contributed by atoms with Crippen LogP contribution in [0.25, 0.3) is 0 Å². The van der Waals surface area contributed by atoms with Crippen LogP contribution in [0.4, 0.5) is 5.82 Å². The van der Waals surface area contributed by atoms with Crippen molar-refractivity contribution in [1.82, 2.24) is 4.98 Å². The van der Waals surface area contributed by atoms with Crippen LogP contribution in [-0.4, -0.2) is 31.2 Å². The van der Waals surface area contributed by atoms with Gasteiger partial charge < -0.3 is 15.4 Å². The van der Waals surface area contributed by atoms with Crippen LogP contribution in [0.3, 0.4) is 0 Å². The second kappa shape index (κ2) is 4.98. The zero-order chi connectivity index (χ0) is 10.5. The summed E-state index contributed by atoms with van der Waals surface area (Å²) in [7, 11) is 0. The van der Waals surface area contributed by atoms with Gasteiger partial charge in [0.15, 0.2) is 0 Å².